The van der Waals surface area contributed by atoms with Crippen LogP contribution in [0.15, 0.2) is 0 Å². The maximum atomic E-state index is 13.5. The Hall–Kier alpha value is -2.10. The molecule has 0 aromatic heterocycles. The summed E-state index contributed by atoms with van der Waals surface area (Å²) in [6, 6.07) is 0. The summed E-state index contributed by atoms with van der Waals surface area (Å²) >= 11 is 0. The Kier molecular flexibility index (Phi) is 32.9. The first-order valence-electron chi connectivity index (χ1n) is 18.0. The van der Waals surface area contributed by atoms with Crippen LogP contribution in [0.5, 0.6) is 5.75 Å². The molecule has 0 spiro atoms. The molecule has 0 atom stereocenters. The zero-order valence-corrected chi connectivity index (χ0v) is 30.8. The highest BCUT2D eigenvalue weighted by atomic mass is 19.2. The van der Waals surface area contributed by atoms with E-state index in [2.05, 4.69) is 11.7 Å². The molecular formula is C35H57F5O13. The van der Waals surface area contributed by atoms with Crippen molar-refractivity contribution in [2.24, 2.45) is 0 Å². The summed E-state index contributed by atoms with van der Waals surface area (Å²) in [7, 11) is 0. The number of unbranched alkanes of at least 4 members (excludes halogenated alkanes) is 3. The van der Waals surface area contributed by atoms with Crippen LogP contribution in [0, 0.1) is 29.1 Å². The van der Waals surface area contributed by atoms with Gasteiger partial charge in [0.05, 0.1) is 145 Å². The van der Waals surface area contributed by atoms with Crippen molar-refractivity contribution in [2.45, 2.75) is 39.0 Å². The number of halogens is 5. The van der Waals surface area contributed by atoms with Gasteiger partial charge in [-0.15, -0.1) is 0 Å². The molecule has 0 radical (unpaired) electrons. The van der Waals surface area contributed by atoms with Gasteiger partial charge in [0, 0.05) is 6.61 Å². The van der Waals surface area contributed by atoms with Gasteiger partial charge in [-0.05, 0) is 6.42 Å². The quantitative estimate of drug-likeness (QED) is 0.0234. The van der Waals surface area contributed by atoms with Crippen molar-refractivity contribution in [3.05, 3.63) is 29.1 Å². The Balaban J connectivity index is 1.72. The third-order valence-electron chi connectivity index (χ3n) is 6.70. The van der Waals surface area contributed by atoms with Gasteiger partial charge in [0.2, 0.25) is 34.8 Å². The topological polar surface area (TPSA) is 128 Å². The van der Waals surface area contributed by atoms with E-state index in [1.165, 1.54) is 19.3 Å². The zero-order valence-electron chi connectivity index (χ0n) is 30.8. The van der Waals surface area contributed by atoms with E-state index in [0.717, 1.165) is 13.0 Å². The average Bonchev–Trinajstić information content (AvgIpc) is 3.16. The van der Waals surface area contributed by atoms with Crippen LogP contribution in [-0.2, 0) is 56.9 Å². The number of hydrogen-bond acceptors (Lipinski definition) is 13. The summed E-state index contributed by atoms with van der Waals surface area (Å²) in [5.74, 6) is -14.1. The predicted octanol–water partition coefficient (Wildman–Crippen LogP) is 4.44. The fourth-order valence-electron chi connectivity index (χ4n) is 3.93. The fourth-order valence-corrected chi connectivity index (χ4v) is 3.93. The molecule has 1 rings (SSSR count). The molecule has 0 fully saturated rings. The second-order valence-corrected chi connectivity index (χ2v) is 10.9. The smallest absolute Gasteiger partial charge is 0.313 e. The molecule has 0 amide bonds. The molecule has 310 valence electrons. The summed E-state index contributed by atoms with van der Waals surface area (Å²) < 4.78 is 130. The van der Waals surface area contributed by atoms with Crippen molar-refractivity contribution in [3.63, 3.8) is 0 Å². The second-order valence-electron chi connectivity index (χ2n) is 10.9. The van der Waals surface area contributed by atoms with Crippen molar-refractivity contribution in [2.75, 3.05) is 145 Å². The van der Waals surface area contributed by atoms with Crippen molar-refractivity contribution in [1.82, 2.24) is 0 Å². The minimum atomic E-state index is -2.35. The average molecular weight is 781 g/mol. The van der Waals surface area contributed by atoms with Gasteiger partial charge < -0.3 is 56.8 Å². The highest BCUT2D eigenvalue weighted by Gasteiger charge is 2.28. The maximum absolute atomic E-state index is 13.5. The van der Waals surface area contributed by atoms with Crippen molar-refractivity contribution >= 4 is 5.97 Å². The van der Waals surface area contributed by atoms with Crippen LogP contribution in [0.2, 0.25) is 0 Å². The number of carbonyl (C=O) groups excluding carboxylic acids is 1. The van der Waals surface area contributed by atoms with Crippen molar-refractivity contribution in [1.29, 1.82) is 0 Å². The van der Waals surface area contributed by atoms with Crippen molar-refractivity contribution < 1.29 is 83.6 Å². The summed E-state index contributed by atoms with van der Waals surface area (Å²) in [5, 5.41) is 0. The minimum Gasteiger partial charge on any atom is -0.420 e. The van der Waals surface area contributed by atoms with Gasteiger partial charge in [0.25, 0.3) is 0 Å². The molecule has 1 aromatic rings. The molecule has 0 heterocycles. The van der Waals surface area contributed by atoms with Gasteiger partial charge in [0.1, 0.15) is 0 Å². The summed E-state index contributed by atoms with van der Waals surface area (Å²) in [5.41, 5.74) is 0. The van der Waals surface area contributed by atoms with E-state index >= 15 is 0 Å². The number of hydrogen-bond donors (Lipinski definition) is 0. The monoisotopic (exact) mass is 780 g/mol. The lowest BCUT2D eigenvalue weighted by Gasteiger charge is -2.09. The van der Waals surface area contributed by atoms with Gasteiger partial charge in [-0.2, -0.15) is 8.78 Å². The lowest BCUT2D eigenvalue weighted by molar-refractivity contribution is -0.136. The Labute approximate surface area is 308 Å². The Morgan fingerprint density at radius 3 is 0.925 bits per heavy atom. The van der Waals surface area contributed by atoms with Crippen LogP contribution in [0.25, 0.3) is 0 Å². The highest BCUT2D eigenvalue weighted by Crippen LogP contribution is 2.29. The predicted molar refractivity (Wildman–Crippen MR) is 180 cm³/mol. The van der Waals surface area contributed by atoms with E-state index in [0.29, 0.717) is 112 Å². The molecule has 0 N–H and O–H groups in total. The van der Waals surface area contributed by atoms with E-state index < -0.39 is 47.2 Å². The van der Waals surface area contributed by atoms with Crippen molar-refractivity contribution in [3.8, 4) is 5.75 Å². The van der Waals surface area contributed by atoms with Crippen LogP contribution >= 0.6 is 0 Å². The first-order valence-corrected chi connectivity index (χ1v) is 18.0. The normalized spacial score (nSPS) is 11.5. The summed E-state index contributed by atoms with van der Waals surface area (Å²) in [6.07, 6.45) is 4.33. The Morgan fingerprint density at radius 1 is 0.358 bits per heavy atom. The second kappa shape index (κ2) is 35.6. The largest absolute Gasteiger partial charge is 0.420 e. The third-order valence-corrected chi connectivity index (χ3v) is 6.70. The molecule has 53 heavy (non-hydrogen) atoms. The fraction of sp³-hybridized carbons (Fsp3) is 0.800. The standard InChI is InChI=1S/C35H57F5O13/c1-2-3-4-5-7-42-9-11-44-13-15-46-17-19-48-21-23-50-25-27-52-28-26-51-24-22-49-20-18-47-16-14-45-12-10-43-8-6-29(41)53-35-33(39)31(37)30(36)32(38)34(35)40/h2-28H2,1H3. The molecule has 0 saturated carbocycles. The number of esters is 1. The van der Waals surface area contributed by atoms with Crippen LogP contribution in [0.1, 0.15) is 39.0 Å². The van der Waals surface area contributed by atoms with Gasteiger partial charge in [0.15, 0.2) is 0 Å². The lowest BCUT2D eigenvalue weighted by Crippen LogP contribution is -2.16. The van der Waals surface area contributed by atoms with Gasteiger partial charge in [-0.3, -0.25) is 4.79 Å². The number of carbonyl (C=O) groups is 1. The number of benzene rings is 1. The molecule has 0 aliphatic rings. The highest BCUT2D eigenvalue weighted by molar-refractivity contribution is 5.72. The minimum absolute atomic E-state index is 0.0816. The van der Waals surface area contributed by atoms with Gasteiger partial charge in [-0.25, -0.2) is 13.2 Å². The third kappa shape index (κ3) is 27.2. The first kappa shape index (κ1) is 48.9. The van der Waals surface area contributed by atoms with Crippen LogP contribution in [0.3, 0.4) is 0 Å². The number of rotatable bonds is 39. The van der Waals surface area contributed by atoms with Gasteiger partial charge in [-0.1, -0.05) is 26.2 Å². The van der Waals surface area contributed by atoms with E-state index in [9.17, 15) is 26.7 Å². The molecule has 13 nitrogen and oxygen atoms in total. The van der Waals surface area contributed by atoms with E-state index in [4.69, 9.17) is 52.1 Å². The van der Waals surface area contributed by atoms with Crippen LogP contribution < -0.4 is 4.74 Å². The lowest BCUT2D eigenvalue weighted by atomic mass is 10.2. The van der Waals surface area contributed by atoms with Crippen LogP contribution in [-0.4, -0.2) is 151 Å². The molecule has 0 bridgehead atoms. The maximum Gasteiger partial charge on any atom is 0.313 e. The first-order chi connectivity index (χ1) is 25.9. The number of ether oxygens (including phenoxy) is 12. The van der Waals surface area contributed by atoms with E-state index in [1.54, 1.807) is 0 Å². The molecule has 0 aliphatic heterocycles. The molecule has 18 heteroatoms. The molecule has 0 saturated heterocycles. The van der Waals surface area contributed by atoms with E-state index in [-0.39, 0.29) is 26.4 Å². The SMILES string of the molecule is CCCCCCOCCOCCOCCOCCOCCOCCOCCOCCOCCOCCOCCC(=O)Oc1c(F)c(F)c(F)c(F)c1F. The molecule has 0 aliphatic carbocycles. The molecule has 0 unspecified atom stereocenters. The van der Waals surface area contributed by atoms with E-state index in [1.807, 2.05) is 0 Å². The Bertz CT molecular complexity index is 1000. The summed E-state index contributed by atoms with van der Waals surface area (Å²) in [4.78, 5) is 11.7. The molecular weight excluding hydrogens is 723 g/mol. The molecule has 1 aromatic carbocycles. The Morgan fingerprint density at radius 2 is 0.623 bits per heavy atom. The summed E-state index contributed by atoms with van der Waals surface area (Å²) in [6.45, 7) is 11.2. The van der Waals surface area contributed by atoms with Gasteiger partial charge >= 0.3 is 5.97 Å². The zero-order chi connectivity index (χ0) is 38.6. The van der Waals surface area contributed by atoms with Crippen LogP contribution in [0.4, 0.5) is 22.0 Å².